The first-order valence-corrected chi connectivity index (χ1v) is 5.90. The summed E-state index contributed by atoms with van der Waals surface area (Å²) in [6.07, 6.45) is 7.03. The van der Waals surface area contributed by atoms with Crippen LogP contribution in [0, 0.1) is 0 Å². The largest absolute Gasteiger partial charge is 0.444 e. The molecule has 1 aromatic heterocycles. The van der Waals surface area contributed by atoms with Crippen molar-refractivity contribution >= 4 is 0 Å². The molecule has 1 aromatic rings. The molecule has 0 amide bonds. The first kappa shape index (κ1) is 10.7. The Morgan fingerprint density at radius 2 is 2.20 bits per heavy atom. The second-order valence-corrected chi connectivity index (χ2v) is 4.67. The Hall–Kier alpha value is -0.830. The van der Waals surface area contributed by atoms with E-state index in [1.165, 1.54) is 25.7 Å². The van der Waals surface area contributed by atoms with Crippen LogP contribution in [-0.4, -0.2) is 11.5 Å². The van der Waals surface area contributed by atoms with E-state index >= 15 is 0 Å². The average molecular weight is 208 g/mol. The molecule has 0 bridgehead atoms. The van der Waals surface area contributed by atoms with Gasteiger partial charge in [-0.25, -0.2) is 4.98 Å². The SMILES string of the molecule is CCNCc1ncc(C2(C)CCCC2)o1. The second kappa shape index (κ2) is 4.35. The Morgan fingerprint density at radius 3 is 2.87 bits per heavy atom. The minimum Gasteiger partial charge on any atom is -0.444 e. The summed E-state index contributed by atoms with van der Waals surface area (Å²) in [5.74, 6) is 1.90. The molecule has 2 rings (SSSR count). The standard InChI is InChI=1S/C12H20N2O/c1-3-13-9-11-14-8-10(15-11)12(2)6-4-5-7-12/h8,13H,3-7,9H2,1-2H3. The summed E-state index contributed by atoms with van der Waals surface area (Å²) >= 11 is 0. The Kier molecular flexibility index (Phi) is 3.10. The molecule has 3 heteroatoms. The van der Waals surface area contributed by atoms with Gasteiger partial charge >= 0.3 is 0 Å². The summed E-state index contributed by atoms with van der Waals surface area (Å²) in [6, 6.07) is 0. The third-order valence-electron chi connectivity index (χ3n) is 3.38. The van der Waals surface area contributed by atoms with Gasteiger partial charge in [-0.1, -0.05) is 26.7 Å². The summed E-state index contributed by atoms with van der Waals surface area (Å²) in [6.45, 7) is 6.07. The molecule has 3 nitrogen and oxygen atoms in total. The molecule has 1 fully saturated rings. The highest BCUT2D eigenvalue weighted by molar-refractivity contribution is 5.11. The predicted octanol–water partition coefficient (Wildman–Crippen LogP) is 2.62. The summed E-state index contributed by atoms with van der Waals surface area (Å²) in [5, 5.41) is 3.22. The lowest BCUT2D eigenvalue weighted by Gasteiger charge is -2.19. The van der Waals surface area contributed by atoms with Gasteiger partial charge in [-0.2, -0.15) is 0 Å². The van der Waals surface area contributed by atoms with Gasteiger partial charge in [0.2, 0.25) is 5.89 Å². The molecular formula is C12H20N2O. The van der Waals surface area contributed by atoms with Crippen LogP contribution in [0.3, 0.4) is 0 Å². The Balaban J connectivity index is 2.05. The van der Waals surface area contributed by atoms with Gasteiger partial charge in [0.05, 0.1) is 12.7 Å². The molecule has 15 heavy (non-hydrogen) atoms. The maximum absolute atomic E-state index is 5.80. The highest BCUT2D eigenvalue weighted by Gasteiger charge is 2.33. The van der Waals surface area contributed by atoms with Crippen molar-refractivity contribution in [3.63, 3.8) is 0 Å². The molecule has 1 aliphatic carbocycles. The molecule has 0 aliphatic heterocycles. The van der Waals surface area contributed by atoms with Gasteiger partial charge < -0.3 is 9.73 Å². The van der Waals surface area contributed by atoms with Crippen LogP contribution < -0.4 is 5.32 Å². The maximum Gasteiger partial charge on any atom is 0.208 e. The van der Waals surface area contributed by atoms with E-state index in [4.69, 9.17) is 4.42 Å². The summed E-state index contributed by atoms with van der Waals surface area (Å²) in [7, 11) is 0. The van der Waals surface area contributed by atoms with Crippen LogP contribution in [0.15, 0.2) is 10.6 Å². The number of hydrogen-bond donors (Lipinski definition) is 1. The lowest BCUT2D eigenvalue weighted by Crippen LogP contribution is -2.15. The number of hydrogen-bond acceptors (Lipinski definition) is 3. The first-order chi connectivity index (χ1) is 7.24. The Labute approximate surface area is 91.3 Å². The van der Waals surface area contributed by atoms with E-state index in [2.05, 4.69) is 24.1 Å². The van der Waals surface area contributed by atoms with E-state index < -0.39 is 0 Å². The van der Waals surface area contributed by atoms with Crippen molar-refractivity contribution in [3.05, 3.63) is 17.8 Å². The molecule has 0 aromatic carbocycles. The number of rotatable bonds is 4. The van der Waals surface area contributed by atoms with E-state index in [1.807, 2.05) is 6.20 Å². The summed E-state index contributed by atoms with van der Waals surface area (Å²) < 4.78 is 5.80. The van der Waals surface area contributed by atoms with Gasteiger partial charge in [-0.15, -0.1) is 0 Å². The van der Waals surface area contributed by atoms with Crippen molar-refractivity contribution in [1.29, 1.82) is 0 Å². The zero-order chi connectivity index (χ0) is 10.7. The summed E-state index contributed by atoms with van der Waals surface area (Å²) in [5.41, 5.74) is 0.247. The Bertz CT molecular complexity index is 313. The molecule has 0 spiro atoms. The predicted molar refractivity (Wildman–Crippen MR) is 59.7 cm³/mol. The molecule has 0 atom stereocenters. The fourth-order valence-corrected chi connectivity index (χ4v) is 2.30. The molecule has 0 saturated heterocycles. The lowest BCUT2D eigenvalue weighted by molar-refractivity contribution is 0.343. The van der Waals surface area contributed by atoms with Crippen LogP contribution in [0.2, 0.25) is 0 Å². The van der Waals surface area contributed by atoms with Crippen LogP contribution in [0.4, 0.5) is 0 Å². The van der Waals surface area contributed by atoms with Crippen molar-refractivity contribution < 1.29 is 4.42 Å². The topological polar surface area (TPSA) is 38.1 Å². The summed E-state index contributed by atoms with van der Waals surface area (Å²) in [4.78, 5) is 4.31. The number of oxazole rings is 1. The minimum atomic E-state index is 0.247. The molecular weight excluding hydrogens is 188 g/mol. The zero-order valence-corrected chi connectivity index (χ0v) is 9.68. The second-order valence-electron chi connectivity index (χ2n) is 4.67. The molecule has 0 radical (unpaired) electrons. The van der Waals surface area contributed by atoms with Gasteiger partial charge in [-0.05, 0) is 19.4 Å². The Morgan fingerprint density at radius 1 is 1.47 bits per heavy atom. The first-order valence-electron chi connectivity index (χ1n) is 5.90. The lowest BCUT2D eigenvalue weighted by atomic mass is 9.87. The van der Waals surface area contributed by atoms with Gasteiger partial charge in [0, 0.05) is 5.41 Å². The third-order valence-corrected chi connectivity index (χ3v) is 3.38. The van der Waals surface area contributed by atoms with Gasteiger partial charge in [0.25, 0.3) is 0 Å². The molecule has 1 heterocycles. The molecule has 1 saturated carbocycles. The highest BCUT2D eigenvalue weighted by Crippen LogP contribution is 2.40. The number of nitrogens with zero attached hydrogens (tertiary/aromatic N) is 1. The molecule has 1 N–H and O–H groups in total. The van der Waals surface area contributed by atoms with Crippen molar-refractivity contribution in [2.75, 3.05) is 6.54 Å². The van der Waals surface area contributed by atoms with Crippen LogP contribution in [0.1, 0.15) is 51.2 Å². The fourth-order valence-electron chi connectivity index (χ4n) is 2.30. The van der Waals surface area contributed by atoms with Crippen LogP contribution in [0.5, 0.6) is 0 Å². The van der Waals surface area contributed by atoms with Crippen LogP contribution in [-0.2, 0) is 12.0 Å². The normalized spacial score (nSPS) is 19.6. The average Bonchev–Trinajstić information content (AvgIpc) is 2.84. The fraction of sp³-hybridized carbons (Fsp3) is 0.750. The minimum absolute atomic E-state index is 0.247. The van der Waals surface area contributed by atoms with E-state index in [0.29, 0.717) is 0 Å². The number of aromatic nitrogens is 1. The van der Waals surface area contributed by atoms with E-state index in [0.717, 1.165) is 24.7 Å². The van der Waals surface area contributed by atoms with Gasteiger partial charge in [0.1, 0.15) is 5.76 Å². The number of nitrogens with one attached hydrogen (secondary N) is 1. The van der Waals surface area contributed by atoms with Crippen molar-refractivity contribution in [2.45, 2.75) is 51.5 Å². The smallest absolute Gasteiger partial charge is 0.208 e. The maximum atomic E-state index is 5.80. The van der Waals surface area contributed by atoms with Crippen molar-refractivity contribution in [2.24, 2.45) is 0 Å². The zero-order valence-electron chi connectivity index (χ0n) is 9.68. The molecule has 84 valence electrons. The van der Waals surface area contributed by atoms with E-state index in [1.54, 1.807) is 0 Å². The van der Waals surface area contributed by atoms with Gasteiger partial charge in [0.15, 0.2) is 0 Å². The van der Waals surface area contributed by atoms with Crippen LogP contribution >= 0.6 is 0 Å². The van der Waals surface area contributed by atoms with Crippen molar-refractivity contribution in [3.8, 4) is 0 Å². The highest BCUT2D eigenvalue weighted by atomic mass is 16.4. The van der Waals surface area contributed by atoms with E-state index in [9.17, 15) is 0 Å². The van der Waals surface area contributed by atoms with E-state index in [-0.39, 0.29) is 5.41 Å². The van der Waals surface area contributed by atoms with Crippen molar-refractivity contribution in [1.82, 2.24) is 10.3 Å². The quantitative estimate of drug-likeness (QED) is 0.826. The molecule has 0 unspecified atom stereocenters. The molecule has 1 aliphatic rings. The van der Waals surface area contributed by atoms with Gasteiger partial charge in [-0.3, -0.25) is 0 Å². The van der Waals surface area contributed by atoms with Crippen LogP contribution in [0.25, 0.3) is 0 Å². The monoisotopic (exact) mass is 208 g/mol. The third kappa shape index (κ3) is 2.23.